The Bertz CT molecular complexity index is 161. The lowest BCUT2D eigenvalue weighted by Crippen LogP contribution is -2.55. The summed E-state index contributed by atoms with van der Waals surface area (Å²) in [5, 5.41) is 10.3. The summed E-state index contributed by atoms with van der Waals surface area (Å²) in [7, 11) is 4.23. The van der Waals surface area contributed by atoms with Gasteiger partial charge in [-0.15, -0.1) is 0 Å². The van der Waals surface area contributed by atoms with Crippen LogP contribution in [0.4, 0.5) is 0 Å². The van der Waals surface area contributed by atoms with Crippen LogP contribution in [-0.2, 0) is 0 Å². The predicted octanol–water partition coefficient (Wildman–Crippen LogP) is 0.0303. The Morgan fingerprint density at radius 2 is 2.27 bits per heavy atom. The molecular weight excluding hydrogens is 188 g/mol. The minimum atomic E-state index is 0.519. The van der Waals surface area contributed by atoms with Crippen LogP contribution in [0.25, 0.3) is 0 Å². The number of nitrogens with one attached hydrogen (secondary N) is 3. The first-order chi connectivity index (χ1) is 7.29. The topological polar surface area (TPSA) is 39.3 Å². The highest BCUT2D eigenvalue weighted by atomic mass is 15.3. The van der Waals surface area contributed by atoms with Crippen molar-refractivity contribution in [2.24, 2.45) is 5.92 Å². The van der Waals surface area contributed by atoms with Crippen molar-refractivity contribution in [3.05, 3.63) is 0 Å². The SMILES string of the molecule is CCNCN(C)C1NCCCC1CNC. The van der Waals surface area contributed by atoms with Gasteiger partial charge < -0.3 is 16.0 Å². The van der Waals surface area contributed by atoms with Gasteiger partial charge in [-0.05, 0) is 40.0 Å². The first kappa shape index (κ1) is 12.9. The molecule has 3 N–H and O–H groups in total. The van der Waals surface area contributed by atoms with E-state index in [2.05, 4.69) is 34.8 Å². The van der Waals surface area contributed by atoms with Gasteiger partial charge in [-0.1, -0.05) is 6.92 Å². The largest absolute Gasteiger partial charge is 0.319 e. The van der Waals surface area contributed by atoms with Gasteiger partial charge in [0.25, 0.3) is 0 Å². The van der Waals surface area contributed by atoms with Crippen LogP contribution in [0.5, 0.6) is 0 Å². The van der Waals surface area contributed by atoms with Gasteiger partial charge in [0.15, 0.2) is 0 Å². The fourth-order valence-electron chi connectivity index (χ4n) is 2.32. The molecular formula is C11H26N4. The number of piperidine rings is 1. The van der Waals surface area contributed by atoms with Crippen molar-refractivity contribution in [3.8, 4) is 0 Å². The maximum Gasteiger partial charge on any atom is 0.0646 e. The molecule has 0 spiro atoms. The van der Waals surface area contributed by atoms with E-state index in [1.165, 1.54) is 12.8 Å². The molecule has 0 saturated carbocycles. The fraction of sp³-hybridized carbons (Fsp3) is 1.00. The summed E-state index contributed by atoms with van der Waals surface area (Å²) >= 11 is 0. The lowest BCUT2D eigenvalue weighted by Gasteiger charge is -2.38. The lowest BCUT2D eigenvalue weighted by atomic mass is 9.95. The predicted molar refractivity (Wildman–Crippen MR) is 64.7 cm³/mol. The molecule has 1 aliphatic rings. The molecule has 0 bridgehead atoms. The van der Waals surface area contributed by atoms with Crippen LogP contribution >= 0.6 is 0 Å². The number of rotatable bonds is 6. The zero-order chi connectivity index (χ0) is 11.1. The van der Waals surface area contributed by atoms with E-state index in [0.29, 0.717) is 6.17 Å². The van der Waals surface area contributed by atoms with Crippen molar-refractivity contribution >= 4 is 0 Å². The van der Waals surface area contributed by atoms with Crippen LogP contribution < -0.4 is 16.0 Å². The molecule has 0 amide bonds. The molecule has 2 atom stereocenters. The Balaban J connectivity index is 2.39. The van der Waals surface area contributed by atoms with Crippen molar-refractivity contribution in [2.75, 3.05) is 40.4 Å². The van der Waals surface area contributed by atoms with E-state index in [1.807, 2.05) is 7.05 Å². The average molecular weight is 214 g/mol. The molecule has 1 fully saturated rings. The van der Waals surface area contributed by atoms with E-state index in [1.54, 1.807) is 0 Å². The average Bonchev–Trinajstić information content (AvgIpc) is 2.27. The van der Waals surface area contributed by atoms with Crippen molar-refractivity contribution in [3.63, 3.8) is 0 Å². The van der Waals surface area contributed by atoms with Crippen molar-refractivity contribution < 1.29 is 0 Å². The first-order valence-electron chi connectivity index (χ1n) is 6.08. The normalized spacial score (nSPS) is 27.2. The molecule has 1 aliphatic heterocycles. The van der Waals surface area contributed by atoms with Crippen LogP contribution in [0, 0.1) is 5.92 Å². The van der Waals surface area contributed by atoms with Gasteiger partial charge in [0, 0.05) is 19.1 Å². The third-order valence-electron chi connectivity index (χ3n) is 3.10. The third-order valence-corrected chi connectivity index (χ3v) is 3.10. The van der Waals surface area contributed by atoms with Gasteiger partial charge in [-0.25, -0.2) is 0 Å². The van der Waals surface area contributed by atoms with Crippen LogP contribution in [0.3, 0.4) is 0 Å². The second kappa shape index (κ2) is 7.17. The quantitative estimate of drug-likeness (QED) is 0.546. The summed E-state index contributed by atoms with van der Waals surface area (Å²) in [5.41, 5.74) is 0. The highest BCUT2D eigenvalue weighted by Gasteiger charge is 2.26. The Morgan fingerprint density at radius 1 is 1.47 bits per heavy atom. The monoisotopic (exact) mass is 214 g/mol. The molecule has 0 aromatic heterocycles. The second-order valence-corrected chi connectivity index (χ2v) is 4.38. The van der Waals surface area contributed by atoms with Gasteiger partial charge in [-0.2, -0.15) is 0 Å². The van der Waals surface area contributed by atoms with Gasteiger partial charge in [0.2, 0.25) is 0 Å². The summed E-state index contributed by atoms with van der Waals surface area (Å²) in [6, 6.07) is 0. The molecule has 1 rings (SSSR count). The summed E-state index contributed by atoms with van der Waals surface area (Å²) in [6.45, 7) is 6.41. The minimum absolute atomic E-state index is 0.519. The van der Waals surface area contributed by atoms with Crippen LogP contribution in [-0.4, -0.2) is 51.5 Å². The number of nitrogens with zero attached hydrogens (tertiary/aromatic N) is 1. The van der Waals surface area contributed by atoms with Crippen LogP contribution in [0.1, 0.15) is 19.8 Å². The molecule has 1 saturated heterocycles. The van der Waals surface area contributed by atoms with E-state index >= 15 is 0 Å². The molecule has 90 valence electrons. The zero-order valence-corrected chi connectivity index (χ0v) is 10.3. The van der Waals surface area contributed by atoms with Crippen molar-refractivity contribution in [1.29, 1.82) is 0 Å². The summed E-state index contributed by atoms with van der Waals surface area (Å²) in [6.07, 6.45) is 3.15. The number of hydrogen-bond donors (Lipinski definition) is 3. The van der Waals surface area contributed by atoms with Gasteiger partial charge in [0.05, 0.1) is 6.17 Å². The number of hydrogen-bond acceptors (Lipinski definition) is 4. The minimum Gasteiger partial charge on any atom is -0.319 e. The zero-order valence-electron chi connectivity index (χ0n) is 10.3. The molecule has 4 nitrogen and oxygen atoms in total. The maximum atomic E-state index is 3.61. The Morgan fingerprint density at radius 3 is 2.93 bits per heavy atom. The van der Waals surface area contributed by atoms with Crippen molar-refractivity contribution in [1.82, 2.24) is 20.9 Å². The summed E-state index contributed by atoms with van der Waals surface area (Å²) in [4.78, 5) is 2.38. The second-order valence-electron chi connectivity index (χ2n) is 4.38. The molecule has 0 aromatic rings. The van der Waals surface area contributed by atoms with E-state index < -0.39 is 0 Å². The van der Waals surface area contributed by atoms with E-state index in [-0.39, 0.29) is 0 Å². The molecule has 1 heterocycles. The Kier molecular flexibility index (Phi) is 6.17. The highest BCUT2D eigenvalue weighted by Crippen LogP contribution is 2.17. The summed E-state index contributed by atoms with van der Waals surface area (Å²) < 4.78 is 0. The van der Waals surface area contributed by atoms with E-state index in [4.69, 9.17) is 0 Å². The van der Waals surface area contributed by atoms with E-state index in [0.717, 1.165) is 32.2 Å². The molecule has 0 aliphatic carbocycles. The fourth-order valence-corrected chi connectivity index (χ4v) is 2.32. The lowest BCUT2D eigenvalue weighted by molar-refractivity contribution is 0.103. The summed E-state index contributed by atoms with van der Waals surface area (Å²) in [5.74, 6) is 0.729. The molecule has 2 unspecified atom stereocenters. The van der Waals surface area contributed by atoms with Gasteiger partial charge >= 0.3 is 0 Å². The first-order valence-corrected chi connectivity index (χ1v) is 6.08. The van der Waals surface area contributed by atoms with Gasteiger partial charge in [0.1, 0.15) is 0 Å². The van der Waals surface area contributed by atoms with Gasteiger partial charge in [-0.3, -0.25) is 4.90 Å². The third kappa shape index (κ3) is 4.07. The Hall–Kier alpha value is -0.160. The van der Waals surface area contributed by atoms with Crippen LogP contribution in [0.15, 0.2) is 0 Å². The molecule has 0 aromatic carbocycles. The Labute approximate surface area is 93.8 Å². The smallest absolute Gasteiger partial charge is 0.0646 e. The molecule has 4 heteroatoms. The maximum absolute atomic E-state index is 3.61. The highest BCUT2D eigenvalue weighted by molar-refractivity contribution is 4.81. The van der Waals surface area contributed by atoms with Crippen molar-refractivity contribution in [2.45, 2.75) is 25.9 Å². The molecule has 0 radical (unpaired) electrons. The van der Waals surface area contributed by atoms with Crippen LogP contribution in [0.2, 0.25) is 0 Å². The van der Waals surface area contributed by atoms with E-state index in [9.17, 15) is 0 Å². The standard InChI is InChI=1S/C11H26N4/c1-4-13-9-15(3)11-10(8-12-2)6-5-7-14-11/h10-14H,4-9H2,1-3H3. The molecule has 15 heavy (non-hydrogen) atoms.